The molecule has 1 aromatic carbocycles. The van der Waals surface area contributed by atoms with Crippen LogP contribution in [-0.2, 0) is 9.59 Å². The second-order valence-electron chi connectivity index (χ2n) is 8.48. The molecule has 31 heavy (non-hydrogen) atoms. The summed E-state index contributed by atoms with van der Waals surface area (Å²) < 4.78 is 0. The van der Waals surface area contributed by atoms with Gasteiger partial charge in [-0.1, -0.05) is 41.5 Å². The molecule has 2 aromatic rings. The minimum Gasteiger partial charge on any atom is -0.481 e. The van der Waals surface area contributed by atoms with Crippen molar-refractivity contribution in [3.8, 4) is 11.1 Å². The number of thiophene rings is 1. The molecule has 0 aliphatic heterocycles. The lowest BCUT2D eigenvalue weighted by Crippen LogP contribution is -2.36. The molecular weight excluding hydrogens is 412 g/mol. The number of hydrogen-bond donors (Lipinski definition) is 3. The molecule has 1 fully saturated rings. The highest BCUT2D eigenvalue weighted by Gasteiger charge is 2.38. The molecule has 1 heterocycles. The summed E-state index contributed by atoms with van der Waals surface area (Å²) >= 11 is 1.30. The Hall–Kier alpha value is -2.93. The van der Waals surface area contributed by atoms with Gasteiger partial charge in [0.1, 0.15) is 5.00 Å². The molecule has 1 aromatic heterocycles. The zero-order valence-corrected chi connectivity index (χ0v) is 18.4. The van der Waals surface area contributed by atoms with E-state index in [0.717, 1.165) is 35.1 Å². The Kier molecular flexibility index (Phi) is 5.96. The van der Waals surface area contributed by atoms with Crippen molar-refractivity contribution >= 4 is 34.1 Å². The Morgan fingerprint density at radius 2 is 1.65 bits per heavy atom. The van der Waals surface area contributed by atoms with Crippen LogP contribution in [0.25, 0.3) is 11.1 Å². The van der Waals surface area contributed by atoms with Gasteiger partial charge in [-0.3, -0.25) is 14.4 Å². The van der Waals surface area contributed by atoms with Crippen molar-refractivity contribution < 1.29 is 19.5 Å². The van der Waals surface area contributed by atoms with Gasteiger partial charge in [-0.05, 0) is 45.1 Å². The number of benzene rings is 1. The number of allylic oxidation sites excluding steroid dienone is 2. The number of anilines is 1. The number of carboxylic acid groups (broad SMARTS) is 1. The predicted octanol–water partition coefficient (Wildman–Crippen LogP) is 4.69. The Morgan fingerprint density at radius 1 is 1.00 bits per heavy atom. The predicted molar refractivity (Wildman–Crippen MR) is 121 cm³/mol. The second kappa shape index (κ2) is 8.67. The second-order valence-corrected chi connectivity index (χ2v) is 9.36. The summed E-state index contributed by atoms with van der Waals surface area (Å²) in [5.74, 6) is -2.94. The van der Waals surface area contributed by atoms with Crippen molar-refractivity contribution in [3.05, 3.63) is 52.4 Å². The Labute approximate surface area is 185 Å². The van der Waals surface area contributed by atoms with Crippen LogP contribution in [0.15, 0.2) is 46.9 Å². The SMILES string of the molecule is CC1=C(C)C[C@@H](C(=O)Nc2scc(-c3ccccc3)c2C(=O)NC2CC2)[C@@H](C(=O)O)C1. The normalized spacial score (nSPS) is 21.0. The summed E-state index contributed by atoms with van der Waals surface area (Å²) in [5, 5.41) is 17.9. The maximum absolute atomic E-state index is 13.2. The molecule has 2 amide bonds. The van der Waals surface area contributed by atoms with Gasteiger partial charge >= 0.3 is 5.97 Å². The zero-order valence-electron chi connectivity index (χ0n) is 17.6. The van der Waals surface area contributed by atoms with Crippen LogP contribution in [0.5, 0.6) is 0 Å². The molecule has 0 bridgehead atoms. The van der Waals surface area contributed by atoms with E-state index in [0.29, 0.717) is 23.4 Å². The number of carbonyl (C=O) groups is 3. The van der Waals surface area contributed by atoms with Crippen molar-refractivity contribution in [1.82, 2.24) is 5.32 Å². The maximum Gasteiger partial charge on any atom is 0.307 e. The molecule has 3 N–H and O–H groups in total. The molecule has 162 valence electrons. The van der Waals surface area contributed by atoms with E-state index >= 15 is 0 Å². The van der Waals surface area contributed by atoms with E-state index in [-0.39, 0.29) is 17.9 Å². The zero-order chi connectivity index (χ0) is 22.1. The molecule has 2 aliphatic carbocycles. The fourth-order valence-electron chi connectivity index (χ4n) is 4.02. The summed E-state index contributed by atoms with van der Waals surface area (Å²) in [4.78, 5) is 38.0. The summed E-state index contributed by atoms with van der Waals surface area (Å²) in [7, 11) is 0. The Balaban J connectivity index is 1.64. The lowest BCUT2D eigenvalue weighted by Gasteiger charge is -2.29. The number of carboxylic acids is 1. The number of nitrogens with one attached hydrogen (secondary N) is 2. The van der Waals surface area contributed by atoms with E-state index in [1.807, 2.05) is 49.6 Å². The van der Waals surface area contributed by atoms with Crippen LogP contribution in [0.4, 0.5) is 5.00 Å². The first kappa shape index (κ1) is 21.3. The van der Waals surface area contributed by atoms with Gasteiger partial charge in [-0.2, -0.15) is 0 Å². The van der Waals surface area contributed by atoms with E-state index in [1.165, 1.54) is 11.3 Å². The first-order chi connectivity index (χ1) is 14.8. The quantitative estimate of drug-likeness (QED) is 0.570. The van der Waals surface area contributed by atoms with Gasteiger partial charge in [0.2, 0.25) is 5.91 Å². The minimum absolute atomic E-state index is 0.185. The van der Waals surface area contributed by atoms with Crippen LogP contribution in [0.1, 0.15) is 49.9 Å². The van der Waals surface area contributed by atoms with Gasteiger partial charge in [0, 0.05) is 17.0 Å². The van der Waals surface area contributed by atoms with Gasteiger partial charge in [0.15, 0.2) is 0 Å². The summed E-state index contributed by atoms with van der Waals surface area (Å²) in [6.07, 6.45) is 2.71. The molecule has 0 radical (unpaired) electrons. The van der Waals surface area contributed by atoms with E-state index < -0.39 is 17.8 Å². The highest BCUT2D eigenvalue weighted by molar-refractivity contribution is 7.15. The first-order valence-corrected chi connectivity index (χ1v) is 11.4. The summed E-state index contributed by atoms with van der Waals surface area (Å²) in [6, 6.07) is 9.77. The third-order valence-electron chi connectivity index (χ3n) is 6.17. The van der Waals surface area contributed by atoms with Crippen LogP contribution in [0.3, 0.4) is 0 Å². The molecule has 2 atom stereocenters. The first-order valence-electron chi connectivity index (χ1n) is 10.5. The topological polar surface area (TPSA) is 95.5 Å². The van der Waals surface area contributed by atoms with E-state index in [4.69, 9.17) is 0 Å². The molecule has 4 rings (SSSR count). The highest BCUT2D eigenvalue weighted by Crippen LogP contribution is 2.39. The number of amides is 2. The number of hydrogen-bond acceptors (Lipinski definition) is 4. The van der Waals surface area contributed by atoms with Gasteiger partial charge in [-0.15, -0.1) is 11.3 Å². The van der Waals surface area contributed by atoms with Crippen LogP contribution >= 0.6 is 11.3 Å². The molecule has 6 nitrogen and oxygen atoms in total. The molecule has 0 unspecified atom stereocenters. The summed E-state index contributed by atoms with van der Waals surface area (Å²) in [5.41, 5.74) is 4.20. The van der Waals surface area contributed by atoms with Gasteiger partial charge < -0.3 is 15.7 Å². The average molecular weight is 439 g/mol. The number of aliphatic carboxylic acids is 1. The largest absolute Gasteiger partial charge is 0.481 e. The van der Waals surface area contributed by atoms with Crippen molar-refractivity contribution in [2.24, 2.45) is 11.8 Å². The molecular formula is C24H26N2O4S. The van der Waals surface area contributed by atoms with Gasteiger partial charge in [0.25, 0.3) is 5.91 Å². The summed E-state index contributed by atoms with van der Waals surface area (Å²) in [6.45, 7) is 3.87. The standard InChI is InChI=1S/C24H26N2O4S/c1-13-10-17(18(24(29)30)11-14(13)2)21(27)26-23-20(22(28)25-16-8-9-16)19(12-31-23)15-6-4-3-5-7-15/h3-7,12,16-18H,8-11H2,1-2H3,(H,25,28)(H,26,27)(H,29,30)/t17-,18+/m1/s1. The van der Waals surface area contributed by atoms with Gasteiger partial charge in [-0.25, -0.2) is 0 Å². The van der Waals surface area contributed by atoms with Crippen molar-refractivity contribution in [1.29, 1.82) is 0 Å². The third kappa shape index (κ3) is 4.56. The molecule has 1 saturated carbocycles. The molecule has 7 heteroatoms. The van der Waals surface area contributed by atoms with Gasteiger partial charge in [0.05, 0.1) is 17.4 Å². The minimum atomic E-state index is -0.963. The lowest BCUT2D eigenvalue weighted by molar-refractivity contribution is -0.146. The van der Waals surface area contributed by atoms with E-state index in [2.05, 4.69) is 10.6 Å². The van der Waals surface area contributed by atoms with Crippen LogP contribution < -0.4 is 10.6 Å². The Morgan fingerprint density at radius 3 is 2.26 bits per heavy atom. The number of rotatable bonds is 6. The Bertz CT molecular complexity index is 1050. The fourth-order valence-corrected chi connectivity index (χ4v) is 4.99. The average Bonchev–Trinajstić information content (AvgIpc) is 3.46. The number of carbonyl (C=O) groups excluding carboxylic acids is 2. The van der Waals surface area contributed by atoms with E-state index in [9.17, 15) is 19.5 Å². The smallest absolute Gasteiger partial charge is 0.307 e. The van der Waals surface area contributed by atoms with Crippen LogP contribution in [0, 0.1) is 11.8 Å². The molecule has 0 saturated heterocycles. The maximum atomic E-state index is 13.2. The van der Waals surface area contributed by atoms with Crippen molar-refractivity contribution in [2.75, 3.05) is 5.32 Å². The van der Waals surface area contributed by atoms with Crippen molar-refractivity contribution in [2.45, 2.75) is 45.6 Å². The third-order valence-corrected chi connectivity index (χ3v) is 7.07. The van der Waals surface area contributed by atoms with Crippen LogP contribution in [-0.4, -0.2) is 28.9 Å². The molecule has 0 spiro atoms. The van der Waals surface area contributed by atoms with Crippen molar-refractivity contribution in [3.63, 3.8) is 0 Å². The monoisotopic (exact) mass is 438 g/mol. The molecule has 2 aliphatic rings. The lowest BCUT2D eigenvalue weighted by atomic mass is 9.76. The fraction of sp³-hybridized carbons (Fsp3) is 0.375. The van der Waals surface area contributed by atoms with E-state index in [1.54, 1.807) is 0 Å². The van der Waals surface area contributed by atoms with Crippen LogP contribution in [0.2, 0.25) is 0 Å². The highest BCUT2D eigenvalue weighted by atomic mass is 32.1.